The number of rotatable bonds is 8. The monoisotopic (exact) mass is 474 g/mol. The molecule has 5 atom stereocenters. The molecule has 13 heteroatoms. The fraction of sp³-hybridized carbons (Fsp3) is 0.737. The van der Waals surface area contributed by atoms with Crippen molar-refractivity contribution in [2.45, 2.75) is 88.9 Å². The molecule has 32 heavy (non-hydrogen) atoms. The van der Waals surface area contributed by atoms with Crippen LogP contribution in [0.2, 0.25) is 0 Å². The van der Waals surface area contributed by atoms with Gasteiger partial charge in [0.25, 0.3) is 5.56 Å². The van der Waals surface area contributed by atoms with E-state index in [9.17, 15) is 29.6 Å². The Hall–Kier alpha value is -1.66. The summed E-state index contributed by atoms with van der Waals surface area (Å²) in [6, 6.07) is 0. The Balaban J connectivity index is 1.87. The van der Waals surface area contributed by atoms with Crippen molar-refractivity contribution in [3.63, 3.8) is 0 Å². The van der Waals surface area contributed by atoms with Crippen LogP contribution in [0.15, 0.2) is 17.4 Å². The van der Waals surface area contributed by atoms with Crippen LogP contribution in [0, 0.1) is 0 Å². The average molecular weight is 474 g/mol. The zero-order chi connectivity index (χ0) is 24.1. The van der Waals surface area contributed by atoms with Crippen molar-refractivity contribution in [1.29, 1.82) is 0 Å². The van der Waals surface area contributed by atoms with Crippen LogP contribution in [0.1, 0.15) is 53.9 Å². The third kappa shape index (κ3) is 4.05. The van der Waals surface area contributed by atoms with Crippen molar-refractivity contribution in [2.24, 2.45) is 0 Å². The van der Waals surface area contributed by atoms with Gasteiger partial charge in [-0.3, -0.25) is 13.9 Å². The van der Waals surface area contributed by atoms with Crippen molar-refractivity contribution in [2.75, 3.05) is 0 Å². The van der Waals surface area contributed by atoms with E-state index < -0.39 is 48.1 Å². The van der Waals surface area contributed by atoms with Crippen molar-refractivity contribution >= 4 is 18.8 Å². The van der Waals surface area contributed by atoms with Crippen molar-refractivity contribution in [3.05, 3.63) is 23.0 Å². The quantitative estimate of drug-likeness (QED) is 0.343. The molecule has 1 aliphatic heterocycles. The summed E-state index contributed by atoms with van der Waals surface area (Å²) in [5.74, 6) is 0. The lowest BCUT2D eigenvalue weighted by molar-refractivity contribution is -0.134. The van der Waals surface area contributed by atoms with E-state index in [1.165, 1.54) is 38.0 Å². The highest BCUT2D eigenvalue weighted by atomic mass is 31.2. The van der Waals surface area contributed by atoms with Crippen LogP contribution in [0.3, 0.4) is 0 Å². The van der Waals surface area contributed by atoms with Gasteiger partial charge < -0.3 is 34.5 Å². The molecule has 0 aliphatic carbocycles. The Labute approximate surface area is 184 Å². The van der Waals surface area contributed by atoms with Crippen LogP contribution in [-0.2, 0) is 19.6 Å². The molecule has 3 heterocycles. The standard InChI is InChI=1S/C19H31N4O8P/c1-6-19(27,7-2)32(28,29)31-17(3,4)8-11-13(24)14(25)18(5,30-11)23-10-22-12-15(23)20-9-21-16(12)26/h9-11,13-14,24-25,27H,6-8H2,1-5H3,(H,28,29)(H,20,21,26)/t11?,13-,14-,18+/m1/s1. The van der Waals surface area contributed by atoms with Gasteiger partial charge in [-0.2, -0.15) is 0 Å². The highest BCUT2D eigenvalue weighted by Gasteiger charge is 2.55. The zero-order valence-corrected chi connectivity index (χ0v) is 19.6. The predicted octanol–water partition coefficient (Wildman–Crippen LogP) is 0.792. The van der Waals surface area contributed by atoms with Gasteiger partial charge in [0.05, 0.1) is 24.4 Å². The van der Waals surface area contributed by atoms with Crippen LogP contribution >= 0.6 is 7.60 Å². The van der Waals surface area contributed by atoms with Gasteiger partial charge in [0, 0.05) is 6.42 Å². The maximum atomic E-state index is 12.8. The van der Waals surface area contributed by atoms with E-state index in [1.54, 1.807) is 13.8 Å². The molecule has 0 aromatic carbocycles. The Morgan fingerprint density at radius 3 is 2.53 bits per heavy atom. The van der Waals surface area contributed by atoms with Crippen molar-refractivity contribution in [1.82, 2.24) is 19.5 Å². The van der Waals surface area contributed by atoms with Gasteiger partial charge in [0.15, 0.2) is 22.2 Å². The number of imidazole rings is 1. The maximum absolute atomic E-state index is 12.8. The Morgan fingerprint density at radius 1 is 1.31 bits per heavy atom. The van der Waals surface area contributed by atoms with Gasteiger partial charge in [-0.1, -0.05) is 13.8 Å². The third-order valence-electron chi connectivity index (χ3n) is 6.18. The topological polar surface area (TPSA) is 180 Å². The van der Waals surface area contributed by atoms with E-state index in [-0.39, 0.29) is 30.4 Å². The van der Waals surface area contributed by atoms with Crippen LogP contribution in [-0.4, -0.2) is 69.0 Å². The number of nitrogens with zero attached hydrogens (tertiary/aromatic N) is 3. The lowest BCUT2D eigenvalue weighted by atomic mass is 9.95. The first kappa shape index (κ1) is 25.0. The fourth-order valence-corrected chi connectivity index (χ4v) is 5.80. The summed E-state index contributed by atoms with van der Waals surface area (Å²) in [6.07, 6.45) is -1.35. The molecule has 2 unspecified atom stereocenters. The number of hydrogen-bond acceptors (Lipinski definition) is 9. The molecule has 1 fully saturated rings. The van der Waals surface area contributed by atoms with Crippen LogP contribution in [0.5, 0.6) is 0 Å². The number of fused-ring (bicyclic) bond motifs is 1. The molecular weight excluding hydrogens is 443 g/mol. The summed E-state index contributed by atoms with van der Waals surface area (Å²) in [6.45, 7) is 7.76. The minimum Gasteiger partial charge on any atom is -0.388 e. The molecule has 1 aliphatic rings. The number of aliphatic hydroxyl groups is 3. The van der Waals surface area contributed by atoms with Gasteiger partial charge >= 0.3 is 7.60 Å². The molecule has 0 spiro atoms. The van der Waals surface area contributed by atoms with Crippen molar-refractivity contribution < 1.29 is 34.0 Å². The highest BCUT2D eigenvalue weighted by molar-refractivity contribution is 7.54. The second-order valence-electron chi connectivity index (χ2n) is 8.93. The smallest absolute Gasteiger partial charge is 0.359 e. The summed E-state index contributed by atoms with van der Waals surface area (Å²) in [4.78, 5) is 32.9. The molecule has 5 N–H and O–H groups in total. The first-order valence-corrected chi connectivity index (χ1v) is 12.0. The lowest BCUT2D eigenvalue weighted by Crippen LogP contribution is -2.43. The van der Waals surface area contributed by atoms with E-state index >= 15 is 0 Å². The summed E-state index contributed by atoms with van der Waals surface area (Å²) in [5, 5.41) is 30.1. The Morgan fingerprint density at radius 2 is 1.94 bits per heavy atom. The molecular formula is C19H31N4O8P. The molecule has 0 bridgehead atoms. The van der Waals surface area contributed by atoms with Crippen LogP contribution in [0.4, 0.5) is 0 Å². The number of nitrogens with one attached hydrogen (secondary N) is 1. The molecule has 3 rings (SSSR count). The lowest BCUT2D eigenvalue weighted by Gasteiger charge is -2.37. The summed E-state index contributed by atoms with van der Waals surface area (Å²) in [5.41, 5.74) is -3.08. The molecule has 0 saturated carbocycles. The second-order valence-corrected chi connectivity index (χ2v) is 11.0. The van der Waals surface area contributed by atoms with E-state index in [2.05, 4.69) is 15.0 Å². The average Bonchev–Trinajstić information content (AvgIpc) is 3.23. The van der Waals surface area contributed by atoms with Crippen LogP contribution < -0.4 is 5.56 Å². The van der Waals surface area contributed by atoms with E-state index in [0.717, 1.165) is 0 Å². The zero-order valence-electron chi connectivity index (χ0n) is 18.7. The molecule has 2 aromatic heterocycles. The fourth-order valence-electron chi connectivity index (χ4n) is 4.09. The third-order valence-corrected chi connectivity index (χ3v) is 8.61. The van der Waals surface area contributed by atoms with Crippen molar-refractivity contribution in [3.8, 4) is 0 Å². The molecule has 12 nitrogen and oxygen atoms in total. The minimum absolute atomic E-state index is 0.0204. The number of aromatic amines is 1. The number of aromatic nitrogens is 4. The minimum atomic E-state index is -4.45. The first-order valence-electron chi connectivity index (χ1n) is 10.4. The summed E-state index contributed by atoms with van der Waals surface area (Å²) in [7, 11) is -4.45. The largest absolute Gasteiger partial charge is 0.388 e. The maximum Gasteiger partial charge on any atom is 0.359 e. The van der Waals surface area contributed by atoms with Crippen LogP contribution in [0.25, 0.3) is 11.2 Å². The molecule has 2 aromatic rings. The van der Waals surface area contributed by atoms with Gasteiger partial charge in [0.2, 0.25) is 0 Å². The summed E-state index contributed by atoms with van der Waals surface area (Å²) >= 11 is 0. The number of H-pyrrole nitrogens is 1. The van der Waals surface area contributed by atoms with Gasteiger partial charge in [-0.05, 0) is 33.6 Å². The van der Waals surface area contributed by atoms with E-state index in [0.29, 0.717) is 0 Å². The SMILES string of the molecule is CCC(O)(CC)P(=O)(O)OC(C)(C)CC1O[C@](C)(n2cnc3c(=O)[nH]cnc32)[C@H](O)[C@@H]1O. The first-order chi connectivity index (χ1) is 14.7. The number of aliphatic hydroxyl groups excluding tert-OH is 2. The molecule has 180 valence electrons. The van der Waals surface area contributed by atoms with Gasteiger partial charge in [-0.25, -0.2) is 9.97 Å². The van der Waals surface area contributed by atoms with Gasteiger partial charge in [-0.15, -0.1) is 0 Å². The number of hydrogen-bond donors (Lipinski definition) is 5. The van der Waals surface area contributed by atoms with E-state index in [1.807, 2.05) is 0 Å². The van der Waals surface area contributed by atoms with E-state index in [4.69, 9.17) is 9.26 Å². The van der Waals surface area contributed by atoms with Gasteiger partial charge in [0.1, 0.15) is 12.2 Å². The summed E-state index contributed by atoms with van der Waals surface area (Å²) < 4.78 is 25.7. The molecule has 0 radical (unpaired) electrons. The Kier molecular flexibility index (Phi) is 6.46. The number of ether oxygens (including phenoxy) is 1. The normalized spacial score (nSPS) is 28.8. The highest BCUT2D eigenvalue weighted by Crippen LogP contribution is 2.60. The second kappa shape index (κ2) is 8.28. The molecule has 1 saturated heterocycles. The molecule has 0 amide bonds. The predicted molar refractivity (Wildman–Crippen MR) is 114 cm³/mol. The Bertz CT molecular complexity index is 1080.